The molecule has 4 N–H and O–H groups in total. The van der Waals surface area contributed by atoms with Gasteiger partial charge in [-0.05, 0) is 30.0 Å². The number of benzene rings is 2. The average Bonchev–Trinajstić information content (AvgIpc) is 3.53. The number of halogens is 2. The van der Waals surface area contributed by atoms with Gasteiger partial charge in [0.1, 0.15) is 6.10 Å². The van der Waals surface area contributed by atoms with Crippen molar-refractivity contribution in [3.05, 3.63) is 71.3 Å². The Morgan fingerprint density at radius 2 is 1.92 bits per heavy atom. The van der Waals surface area contributed by atoms with Crippen LogP contribution in [0.25, 0.3) is 0 Å². The van der Waals surface area contributed by atoms with Crippen molar-refractivity contribution in [1.82, 2.24) is 10.2 Å². The number of nitrogens with zero attached hydrogens (tertiary/aromatic N) is 1. The number of hydrogen-bond acceptors (Lipinski definition) is 6. The fourth-order valence-electron chi connectivity index (χ4n) is 4.17. The third-order valence-electron chi connectivity index (χ3n) is 6.36. The van der Waals surface area contributed by atoms with E-state index in [-0.39, 0.29) is 19.1 Å². The molecule has 0 saturated carbocycles. The molecule has 2 saturated heterocycles. The van der Waals surface area contributed by atoms with E-state index in [1.807, 2.05) is 18.2 Å². The van der Waals surface area contributed by atoms with Crippen LogP contribution in [0.1, 0.15) is 29.5 Å². The lowest BCUT2D eigenvalue weighted by atomic mass is 10.0. The van der Waals surface area contributed by atoms with Gasteiger partial charge < -0.3 is 30.5 Å². The van der Waals surface area contributed by atoms with Gasteiger partial charge in [0.05, 0.1) is 25.8 Å². The van der Waals surface area contributed by atoms with Gasteiger partial charge in [0.25, 0.3) is 11.8 Å². The molecule has 0 radical (unpaired) electrons. The first-order valence-corrected chi connectivity index (χ1v) is 12.4. The lowest BCUT2D eigenvalue weighted by molar-refractivity contribution is -0.142. The van der Waals surface area contributed by atoms with Crippen molar-refractivity contribution in [3.8, 4) is 0 Å². The van der Waals surface area contributed by atoms with E-state index in [2.05, 4.69) is 24.4 Å². The van der Waals surface area contributed by atoms with Crippen LogP contribution in [0.5, 0.6) is 0 Å². The molecule has 37 heavy (non-hydrogen) atoms. The number of alkyl carbamates (subject to hydrolysis) is 1. The molecule has 2 amide bonds. The molecule has 2 aliphatic heterocycles. The summed E-state index contributed by atoms with van der Waals surface area (Å²) in [6.45, 7) is 2.64. The molecule has 4 rings (SSSR count). The fourth-order valence-corrected chi connectivity index (χ4v) is 4.17. The zero-order valence-electron chi connectivity index (χ0n) is 20.9. The molecular weight excluding hydrogens is 484 g/mol. The molecule has 0 bridgehead atoms. The van der Waals surface area contributed by atoms with E-state index in [4.69, 9.17) is 15.2 Å². The van der Waals surface area contributed by atoms with Gasteiger partial charge in [0, 0.05) is 25.9 Å². The van der Waals surface area contributed by atoms with Crippen LogP contribution in [0.2, 0.25) is 0 Å². The zero-order valence-corrected chi connectivity index (χ0v) is 20.9. The minimum Gasteiger partial charge on any atom is -0.444 e. The Morgan fingerprint density at radius 3 is 2.49 bits per heavy atom. The van der Waals surface area contributed by atoms with Gasteiger partial charge >= 0.3 is 6.09 Å². The van der Waals surface area contributed by atoms with Gasteiger partial charge in [0.2, 0.25) is 0 Å². The van der Waals surface area contributed by atoms with Gasteiger partial charge in [-0.2, -0.15) is 0 Å². The fraction of sp³-hybridized carbons (Fsp3) is 0.481. The molecule has 2 aromatic carbocycles. The highest BCUT2D eigenvalue weighted by Crippen LogP contribution is 2.27. The number of amides is 2. The number of nitrogens with one attached hydrogen (secondary N) is 1. The standard InChI is InChI=1S/C19H24F2N2O5.C8H11N/c20-19(21)7-8-23(12-19)17(25)16(24)15(10-13-4-2-1-3-5-13)22-18(26)28-14-6-9-27-11-14;1-7-4-2-3-5-8(7)6-9/h1-5,14-16,24H,6-12H2,(H,22,26);2-5H,6,9H2,1H3/t14?,15?,16-;/m0./s1. The maximum atomic E-state index is 13.4. The second-order valence-corrected chi connectivity index (χ2v) is 9.27. The molecule has 3 atom stereocenters. The summed E-state index contributed by atoms with van der Waals surface area (Å²) in [6.07, 6.45) is -2.56. The SMILES string of the molecule is Cc1ccccc1CN.O=C(NC(Cc1ccccc1)[C@H](O)C(=O)N1CCC(F)(F)C1)OC1CCOC1. The highest BCUT2D eigenvalue weighted by molar-refractivity contribution is 5.82. The predicted octanol–water partition coefficient (Wildman–Crippen LogP) is 2.80. The summed E-state index contributed by atoms with van der Waals surface area (Å²) in [5, 5.41) is 13.1. The average molecular weight is 520 g/mol. The van der Waals surface area contributed by atoms with Crippen LogP contribution >= 0.6 is 0 Å². The second-order valence-electron chi connectivity index (χ2n) is 9.27. The van der Waals surface area contributed by atoms with E-state index in [9.17, 15) is 23.5 Å². The first kappa shape index (κ1) is 28.5. The summed E-state index contributed by atoms with van der Waals surface area (Å²) in [7, 11) is 0. The summed E-state index contributed by atoms with van der Waals surface area (Å²) in [6, 6.07) is 16.1. The Morgan fingerprint density at radius 1 is 1.22 bits per heavy atom. The molecule has 2 heterocycles. The Balaban J connectivity index is 0.000000356. The number of alkyl halides is 2. The maximum Gasteiger partial charge on any atom is 0.407 e. The van der Waals surface area contributed by atoms with Crippen LogP contribution in [-0.4, -0.2) is 72.5 Å². The molecule has 2 unspecified atom stereocenters. The number of carbonyl (C=O) groups excluding carboxylic acids is 2. The Labute approximate surface area is 215 Å². The van der Waals surface area contributed by atoms with Gasteiger partial charge in [-0.15, -0.1) is 0 Å². The van der Waals surface area contributed by atoms with E-state index in [0.717, 1.165) is 10.5 Å². The van der Waals surface area contributed by atoms with E-state index in [0.29, 0.717) is 26.2 Å². The van der Waals surface area contributed by atoms with Gasteiger partial charge in [-0.25, -0.2) is 13.6 Å². The van der Waals surface area contributed by atoms with E-state index in [1.165, 1.54) is 11.1 Å². The molecular formula is C27H35F2N3O5. The Hall–Kier alpha value is -3.08. The summed E-state index contributed by atoms with van der Waals surface area (Å²) >= 11 is 0. The van der Waals surface area contributed by atoms with Crippen molar-refractivity contribution >= 4 is 12.0 Å². The van der Waals surface area contributed by atoms with Crippen molar-refractivity contribution in [2.75, 3.05) is 26.3 Å². The molecule has 0 spiro atoms. The van der Waals surface area contributed by atoms with Gasteiger partial charge in [-0.3, -0.25) is 4.79 Å². The molecule has 0 aromatic heterocycles. The Bertz CT molecular complexity index is 1020. The van der Waals surface area contributed by atoms with Crippen molar-refractivity contribution in [3.63, 3.8) is 0 Å². The Kier molecular flexibility index (Phi) is 10.4. The highest BCUT2D eigenvalue weighted by Gasteiger charge is 2.43. The maximum absolute atomic E-state index is 13.4. The number of likely N-dealkylation sites (tertiary alicyclic amines) is 1. The van der Waals surface area contributed by atoms with Crippen molar-refractivity contribution in [2.45, 2.75) is 56.9 Å². The van der Waals surface area contributed by atoms with Crippen LogP contribution in [0.3, 0.4) is 0 Å². The lowest BCUT2D eigenvalue weighted by Crippen LogP contribution is -2.53. The first-order chi connectivity index (χ1) is 17.7. The predicted molar refractivity (Wildman–Crippen MR) is 134 cm³/mol. The van der Waals surface area contributed by atoms with E-state index >= 15 is 0 Å². The molecule has 202 valence electrons. The molecule has 2 aromatic rings. The van der Waals surface area contributed by atoms with Crippen LogP contribution in [0, 0.1) is 6.92 Å². The minimum absolute atomic E-state index is 0.134. The van der Waals surface area contributed by atoms with Crippen LogP contribution in [0.15, 0.2) is 54.6 Å². The number of aliphatic hydroxyl groups is 1. The van der Waals surface area contributed by atoms with Crippen LogP contribution < -0.4 is 11.1 Å². The number of aliphatic hydroxyl groups excluding tert-OH is 1. The lowest BCUT2D eigenvalue weighted by Gasteiger charge is -2.27. The molecule has 2 fully saturated rings. The second kappa shape index (κ2) is 13.5. The summed E-state index contributed by atoms with van der Waals surface area (Å²) in [5.41, 5.74) is 8.74. The van der Waals surface area contributed by atoms with Crippen LogP contribution in [-0.2, 0) is 27.2 Å². The molecule has 0 aliphatic carbocycles. The smallest absolute Gasteiger partial charge is 0.407 e. The molecule has 2 aliphatic rings. The number of rotatable bonds is 7. The summed E-state index contributed by atoms with van der Waals surface area (Å²) in [5.74, 6) is -3.79. The molecule has 10 heteroatoms. The van der Waals surface area contributed by atoms with Crippen molar-refractivity contribution in [2.24, 2.45) is 5.73 Å². The first-order valence-electron chi connectivity index (χ1n) is 12.4. The summed E-state index contributed by atoms with van der Waals surface area (Å²) in [4.78, 5) is 25.7. The third kappa shape index (κ3) is 8.77. The van der Waals surface area contributed by atoms with Gasteiger partial charge in [-0.1, -0.05) is 54.6 Å². The topological polar surface area (TPSA) is 114 Å². The summed E-state index contributed by atoms with van der Waals surface area (Å²) < 4.78 is 37.2. The van der Waals surface area contributed by atoms with Crippen molar-refractivity contribution in [1.29, 1.82) is 0 Å². The quantitative estimate of drug-likeness (QED) is 0.519. The van der Waals surface area contributed by atoms with Crippen molar-refractivity contribution < 1.29 is 33.0 Å². The number of carbonyl (C=O) groups is 2. The van der Waals surface area contributed by atoms with Gasteiger partial charge in [0.15, 0.2) is 6.10 Å². The number of hydrogen-bond donors (Lipinski definition) is 3. The molecule has 8 nitrogen and oxygen atoms in total. The van der Waals surface area contributed by atoms with E-state index < -0.39 is 43.0 Å². The normalized spacial score (nSPS) is 19.9. The monoisotopic (exact) mass is 519 g/mol. The minimum atomic E-state index is -2.96. The number of ether oxygens (including phenoxy) is 2. The highest BCUT2D eigenvalue weighted by atomic mass is 19.3. The van der Waals surface area contributed by atoms with Crippen LogP contribution in [0.4, 0.5) is 13.6 Å². The third-order valence-corrected chi connectivity index (χ3v) is 6.36. The zero-order chi connectivity index (χ0) is 26.8. The van der Waals surface area contributed by atoms with E-state index in [1.54, 1.807) is 24.3 Å². The number of aryl methyl sites for hydroxylation is 1. The number of nitrogens with two attached hydrogens (primary N) is 1. The largest absolute Gasteiger partial charge is 0.444 e.